The lowest BCUT2D eigenvalue weighted by Gasteiger charge is -2.10. The highest BCUT2D eigenvalue weighted by Gasteiger charge is 2.02. The van der Waals surface area contributed by atoms with Crippen molar-refractivity contribution in [2.24, 2.45) is 0 Å². The smallest absolute Gasteiger partial charge is 0.221 e. The van der Waals surface area contributed by atoms with E-state index >= 15 is 0 Å². The number of H-pyrrole nitrogens is 1. The van der Waals surface area contributed by atoms with E-state index in [0.717, 1.165) is 16.9 Å². The molecule has 1 aromatic heterocycles. The van der Waals surface area contributed by atoms with Crippen molar-refractivity contribution in [3.63, 3.8) is 0 Å². The van der Waals surface area contributed by atoms with E-state index < -0.39 is 0 Å². The van der Waals surface area contributed by atoms with Gasteiger partial charge in [-0.1, -0.05) is 18.2 Å². The number of amides is 1. The summed E-state index contributed by atoms with van der Waals surface area (Å²) in [6.45, 7) is 2.92. The molecule has 0 fully saturated rings. The zero-order valence-corrected chi connectivity index (χ0v) is 10.2. The SMILES string of the molecule is CC(=O)Nc1ccccc1CNCc1cnc[nH]1. The molecule has 1 aromatic carbocycles. The average molecular weight is 244 g/mol. The van der Waals surface area contributed by atoms with Crippen LogP contribution in [0.15, 0.2) is 36.8 Å². The van der Waals surface area contributed by atoms with E-state index in [2.05, 4.69) is 20.6 Å². The Hall–Kier alpha value is -2.14. The molecule has 0 spiro atoms. The fourth-order valence-electron chi connectivity index (χ4n) is 1.70. The van der Waals surface area contributed by atoms with Crippen molar-refractivity contribution in [2.75, 3.05) is 5.32 Å². The maximum absolute atomic E-state index is 11.1. The number of aromatic amines is 1. The highest BCUT2D eigenvalue weighted by molar-refractivity contribution is 5.89. The van der Waals surface area contributed by atoms with Crippen LogP contribution in [0.1, 0.15) is 18.2 Å². The number of nitrogens with one attached hydrogen (secondary N) is 3. The Morgan fingerprint density at radius 1 is 1.33 bits per heavy atom. The van der Waals surface area contributed by atoms with Crippen molar-refractivity contribution in [3.05, 3.63) is 48.0 Å². The average Bonchev–Trinajstić information content (AvgIpc) is 2.84. The van der Waals surface area contributed by atoms with Crippen LogP contribution in [0.25, 0.3) is 0 Å². The van der Waals surface area contributed by atoms with E-state index in [-0.39, 0.29) is 5.91 Å². The Bertz CT molecular complexity index is 507. The molecule has 0 unspecified atom stereocenters. The number of benzene rings is 1. The molecule has 1 amide bonds. The number of para-hydroxylation sites is 1. The summed E-state index contributed by atoms with van der Waals surface area (Å²) in [6.07, 6.45) is 3.44. The molecule has 0 bridgehead atoms. The number of carbonyl (C=O) groups excluding carboxylic acids is 1. The minimum absolute atomic E-state index is 0.0592. The van der Waals surface area contributed by atoms with Gasteiger partial charge in [0.05, 0.1) is 6.33 Å². The fraction of sp³-hybridized carbons (Fsp3) is 0.231. The first-order valence-corrected chi connectivity index (χ1v) is 5.79. The van der Waals surface area contributed by atoms with Crippen LogP contribution in [0.3, 0.4) is 0 Å². The lowest BCUT2D eigenvalue weighted by molar-refractivity contribution is -0.114. The third kappa shape index (κ3) is 3.43. The van der Waals surface area contributed by atoms with Gasteiger partial charge in [-0.05, 0) is 11.6 Å². The molecule has 0 radical (unpaired) electrons. The number of hydrogen-bond donors (Lipinski definition) is 3. The predicted octanol–water partition coefficient (Wildman–Crippen LogP) is 1.66. The normalized spacial score (nSPS) is 10.3. The number of rotatable bonds is 5. The van der Waals surface area contributed by atoms with E-state index in [1.54, 1.807) is 12.5 Å². The van der Waals surface area contributed by atoms with Gasteiger partial charge in [0.15, 0.2) is 0 Å². The van der Waals surface area contributed by atoms with Crippen LogP contribution in [-0.4, -0.2) is 15.9 Å². The Labute approximate surface area is 106 Å². The largest absolute Gasteiger partial charge is 0.347 e. The Morgan fingerprint density at radius 2 is 2.17 bits per heavy atom. The number of nitrogens with zero attached hydrogens (tertiary/aromatic N) is 1. The van der Waals surface area contributed by atoms with Crippen LogP contribution in [0.5, 0.6) is 0 Å². The molecule has 0 aliphatic rings. The van der Waals surface area contributed by atoms with E-state index in [1.807, 2.05) is 24.3 Å². The zero-order chi connectivity index (χ0) is 12.8. The number of carbonyl (C=O) groups is 1. The van der Waals surface area contributed by atoms with E-state index in [9.17, 15) is 4.79 Å². The van der Waals surface area contributed by atoms with E-state index in [0.29, 0.717) is 13.1 Å². The quantitative estimate of drug-likeness (QED) is 0.749. The lowest BCUT2D eigenvalue weighted by Crippen LogP contribution is -2.15. The van der Waals surface area contributed by atoms with Crippen LogP contribution in [0.2, 0.25) is 0 Å². The van der Waals surface area contributed by atoms with Gasteiger partial charge >= 0.3 is 0 Å². The number of imidazole rings is 1. The van der Waals surface area contributed by atoms with Gasteiger partial charge in [-0.15, -0.1) is 0 Å². The summed E-state index contributed by atoms with van der Waals surface area (Å²) in [7, 11) is 0. The molecular weight excluding hydrogens is 228 g/mol. The molecule has 0 saturated carbocycles. The summed E-state index contributed by atoms with van der Waals surface area (Å²) in [4.78, 5) is 18.1. The summed E-state index contributed by atoms with van der Waals surface area (Å²) < 4.78 is 0. The third-order valence-electron chi connectivity index (χ3n) is 2.51. The molecule has 5 heteroatoms. The summed E-state index contributed by atoms with van der Waals surface area (Å²) in [6, 6.07) is 7.75. The molecule has 0 aliphatic heterocycles. The van der Waals surface area contributed by atoms with E-state index in [4.69, 9.17) is 0 Å². The second-order valence-corrected chi connectivity index (χ2v) is 4.02. The van der Waals surface area contributed by atoms with Gasteiger partial charge < -0.3 is 15.6 Å². The summed E-state index contributed by atoms with van der Waals surface area (Å²) in [5.41, 5.74) is 2.95. The second kappa shape index (κ2) is 5.97. The molecule has 1 heterocycles. The first-order valence-electron chi connectivity index (χ1n) is 5.79. The van der Waals surface area contributed by atoms with E-state index in [1.165, 1.54) is 6.92 Å². The molecule has 94 valence electrons. The maximum atomic E-state index is 11.1. The van der Waals surface area contributed by atoms with Crippen molar-refractivity contribution < 1.29 is 4.79 Å². The van der Waals surface area contributed by atoms with Crippen LogP contribution >= 0.6 is 0 Å². The third-order valence-corrected chi connectivity index (χ3v) is 2.51. The van der Waals surface area contributed by atoms with Crippen LogP contribution in [0, 0.1) is 0 Å². The zero-order valence-electron chi connectivity index (χ0n) is 10.2. The van der Waals surface area contributed by atoms with Gasteiger partial charge in [-0.25, -0.2) is 4.98 Å². The first-order chi connectivity index (χ1) is 8.75. The summed E-state index contributed by atoms with van der Waals surface area (Å²) >= 11 is 0. The maximum Gasteiger partial charge on any atom is 0.221 e. The molecule has 18 heavy (non-hydrogen) atoms. The van der Waals surface area contributed by atoms with Crippen molar-refractivity contribution in [1.82, 2.24) is 15.3 Å². The topological polar surface area (TPSA) is 69.8 Å². The van der Waals surface area contributed by atoms with Gasteiger partial charge in [-0.2, -0.15) is 0 Å². The minimum atomic E-state index is -0.0592. The predicted molar refractivity (Wildman–Crippen MR) is 69.9 cm³/mol. The Kier molecular flexibility index (Phi) is 4.09. The minimum Gasteiger partial charge on any atom is -0.347 e. The van der Waals surface area contributed by atoms with Gasteiger partial charge in [-0.3, -0.25) is 4.79 Å². The highest BCUT2D eigenvalue weighted by atomic mass is 16.1. The van der Waals surface area contributed by atoms with Crippen molar-refractivity contribution in [1.29, 1.82) is 0 Å². The second-order valence-electron chi connectivity index (χ2n) is 4.02. The molecule has 0 aliphatic carbocycles. The van der Waals surface area contributed by atoms with Gasteiger partial charge in [0, 0.05) is 37.6 Å². The van der Waals surface area contributed by atoms with Crippen LogP contribution in [0.4, 0.5) is 5.69 Å². The molecule has 2 aromatic rings. The molecule has 0 atom stereocenters. The molecule has 2 rings (SSSR count). The van der Waals surface area contributed by atoms with Crippen molar-refractivity contribution >= 4 is 11.6 Å². The summed E-state index contributed by atoms with van der Waals surface area (Å²) in [5, 5.41) is 6.11. The van der Waals surface area contributed by atoms with Gasteiger partial charge in [0.2, 0.25) is 5.91 Å². The monoisotopic (exact) mass is 244 g/mol. The molecule has 0 saturated heterocycles. The molecule has 3 N–H and O–H groups in total. The van der Waals surface area contributed by atoms with Gasteiger partial charge in [0.25, 0.3) is 0 Å². The Balaban J connectivity index is 1.94. The first kappa shape index (κ1) is 12.3. The lowest BCUT2D eigenvalue weighted by atomic mass is 10.1. The Morgan fingerprint density at radius 3 is 2.89 bits per heavy atom. The van der Waals surface area contributed by atoms with Crippen molar-refractivity contribution in [2.45, 2.75) is 20.0 Å². The highest BCUT2D eigenvalue weighted by Crippen LogP contribution is 2.14. The number of anilines is 1. The molecule has 5 nitrogen and oxygen atoms in total. The van der Waals surface area contributed by atoms with Crippen LogP contribution < -0.4 is 10.6 Å². The van der Waals surface area contributed by atoms with Crippen molar-refractivity contribution in [3.8, 4) is 0 Å². The number of aromatic nitrogens is 2. The number of hydrogen-bond acceptors (Lipinski definition) is 3. The molecular formula is C13H16N4O. The van der Waals surface area contributed by atoms with Crippen LogP contribution in [-0.2, 0) is 17.9 Å². The fourth-order valence-corrected chi connectivity index (χ4v) is 1.70. The standard InChI is InChI=1S/C13H16N4O/c1-10(18)17-13-5-3-2-4-11(13)6-14-7-12-8-15-9-16-12/h2-5,8-9,14H,6-7H2,1H3,(H,15,16)(H,17,18). The van der Waals surface area contributed by atoms with Gasteiger partial charge in [0.1, 0.15) is 0 Å². The summed E-state index contributed by atoms with van der Waals surface area (Å²) in [5.74, 6) is -0.0592.